The van der Waals surface area contributed by atoms with Gasteiger partial charge in [-0.25, -0.2) is 4.98 Å². The molecular weight excluding hydrogens is 246 g/mol. The monoisotopic (exact) mass is 268 g/mol. The predicted octanol–water partition coefficient (Wildman–Crippen LogP) is 4.06. The lowest BCUT2D eigenvalue weighted by Gasteiger charge is -2.45. The maximum absolute atomic E-state index is 6.52. The molecule has 0 amide bonds. The van der Waals surface area contributed by atoms with Gasteiger partial charge in [-0.1, -0.05) is 20.8 Å². The van der Waals surface area contributed by atoms with Gasteiger partial charge in [-0.3, -0.25) is 0 Å². The zero-order valence-electron chi connectivity index (χ0n) is 11.4. The Hall–Kier alpha value is -0.193. The minimum atomic E-state index is -0.736. The summed E-state index contributed by atoms with van der Waals surface area (Å²) in [4.78, 5) is 4.58. The molecule has 0 saturated heterocycles. The summed E-state index contributed by atoms with van der Waals surface area (Å²) in [5.74, 6) is 0.661. The van der Waals surface area contributed by atoms with E-state index in [9.17, 15) is 0 Å². The first-order valence-electron chi connectivity index (χ1n) is 6.27. The highest BCUT2D eigenvalue weighted by Gasteiger charge is 2.56. The molecule has 0 aromatic carbocycles. The number of aromatic nitrogens is 1. The van der Waals surface area contributed by atoms with Gasteiger partial charge in [0.1, 0.15) is 10.6 Å². The van der Waals surface area contributed by atoms with Crippen molar-refractivity contribution in [2.45, 2.75) is 52.3 Å². The number of hydrogen-bond donors (Lipinski definition) is 0. The molecule has 1 aromatic rings. The Labute approximate surface area is 110 Å². The van der Waals surface area contributed by atoms with E-state index < -0.39 is 9.04 Å². The second kappa shape index (κ2) is 4.48. The molecule has 4 heteroatoms. The van der Waals surface area contributed by atoms with Crippen molar-refractivity contribution >= 4 is 20.4 Å². The van der Waals surface area contributed by atoms with Crippen LogP contribution in [0.5, 0.6) is 0 Å². The van der Waals surface area contributed by atoms with E-state index in [1.807, 2.05) is 6.20 Å². The Kier molecular flexibility index (Phi) is 3.49. The highest BCUT2D eigenvalue weighted by atomic mass is 32.1. The average molecular weight is 268 g/mol. The van der Waals surface area contributed by atoms with Crippen LogP contribution in [-0.2, 0) is 10.0 Å². The number of thiazole rings is 1. The summed E-state index contributed by atoms with van der Waals surface area (Å²) in [6.45, 7) is 11.3. The van der Waals surface area contributed by atoms with Crippen LogP contribution in [0.25, 0.3) is 0 Å². The van der Waals surface area contributed by atoms with Gasteiger partial charge in [0, 0.05) is 11.6 Å². The summed E-state index contributed by atoms with van der Waals surface area (Å²) in [6.07, 6.45) is 4.47. The molecule has 0 spiro atoms. The molecule has 1 heterocycles. The zero-order chi connectivity index (χ0) is 12.7. The van der Waals surface area contributed by atoms with E-state index in [-0.39, 0.29) is 11.0 Å². The van der Waals surface area contributed by atoms with E-state index in [0.717, 1.165) is 0 Å². The van der Waals surface area contributed by atoms with Crippen molar-refractivity contribution < 1.29 is 4.43 Å². The summed E-state index contributed by atoms with van der Waals surface area (Å²) in [5, 5.41) is 3.25. The van der Waals surface area contributed by atoms with Gasteiger partial charge in [0.25, 0.3) is 0 Å². The molecule has 0 bridgehead atoms. The van der Waals surface area contributed by atoms with Crippen molar-refractivity contribution in [2.75, 3.05) is 0 Å². The van der Waals surface area contributed by atoms with Crippen molar-refractivity contribution in [3.05, 3.63) is 16.6 Å². The molecule has 2 nitrogen and oxygen atoms in total. The van der Waals surface area contributed by atoms with E-state index in [1.165, 1.54) is 17.8 Å². The Morgan fingerprint density at radius 3 is 2.35 bits per heavy atom. The second-order valence-electron chi connectivity index (χ2n) is 6.11. The van der Waals surface area contributed by atoms with E-state index in [2.05, 4.69) is 44.2 Å². The average Bonchev–Trinajstić information content (AvgIpc) is 2.88. The van der Waals surface area contributed by atoms with Crippen molar-refractivity contribution in [3.63, 3.8) is 0 Å². The summed E-state index contributed by atoms with van der Waals surface area (Å²) in [7, 11) is -0.736. The Morgan fingerprint density at radius 2 is 2.00 bits per heavy atom. The first-order valence-corrected chi connectivity index (χ1v) is 9.56. The van der Waals surface area contributed by atoms with Gasteiger partial charge < -0.3 is 4.43 Å². The molecule has 1 aliphatic rings. The Balaban J connectivity index is 2.46. The van der Waals surface area contributed by atoms with Crippen LogP contribution >= 0.6 is 11.3 Å². The number of hydrogen-bond acceptors (Lipinski definition) is 3. The smallest absolute Gasteiger partial charge is 0.206 e. The molecule has 17 heavy (non-hydrogen) atoms. The maximum atomic E-state index is 6.52. The molecule has 1 radical (unpaired) electrons. The van der Waals surface area contributed by atoms with Gasteiger partial charge in [-0.2, -0.15) is 0 Å². The highest BCUT2D eigenvalue weighted by molar-refractivity contribution is 7.09. The fourth-order valence-corrected chi connectivity index (χ4v) is 4.96. The topological polar surface area (TPSA) is 22.1 Å². The summed E-state index contributed by atoms with van der Waals surface area (Å²) in [6, 6.07) is 0. The van der Waals surface area contributed by atoms with Gasteiger partial charge >= 0.3 is 0 Å². The van der Waals surface area contributed by atoms with E-state index in [4.69, 9.17) is 4.43 Å². The number of rotatable bonds is 4. The van der Waals surface area contributed by atoms with E-state index >= 15 is 0 Å². The van der Waals surface area contributed by atoms with Crippen LogP contribution in [0.4, 0.5) is 0 Å². The Bertz CT molecular complexity index is 367. The van der Waals surface area contributed by atoms with Crippen molar-refractivity contribution in [1.82, 2.24) is 4.98 Å². The lowest BCUT2D eigenvalue weighted by Crippen LogP contribution is -2.47. The van der Waals surface area contributed by atoms with Gasteiger partial charge in [0.15, 0.2) is 0 Å². The molecule has 1 unspecified atom stereocenters. The third-order valence-corrected chi connectivity index (χ3v) is 5.00. The highest BCUT2D eigenvalue weighted by Crippen LogP contribution is 2.57. The van der Waals surface area contributed by atoms with Crippen LogP contribution in [0.3, 0.4) is 0 Å². The van der Waals surface area contributed by atoms with E-state index in [1.54, 1.807) is 11.3 Å². The molecule has 2 rings (SSSR count). The zero-order valence-corrected chi connectivity index (χ0v) is 13.2. The van der Waals surface area contributed by atoms with Crippen LogP contribution < -0.4 is 0 Å². The minimum absolute atomic E-state index is 0.105. The lowest BCUT2D eigenvalue weighted by molar-refractivity contribution is -0.0617. The van der Waals surface area contributed by atoms with Gasteiger partial charge in [-0.15, -0.1) is 11.3 Å². The van der Waals surface area contributed by atoms with Crippen molar-refractivity contribution in [2.24, 2.45) is 11.3 Å². The lowest BCUT2D eigenvalue weighted by atomic mass is 9.73. The third-order valence-electron chi connectivity index (χ3n) is 3.38. The molecule has 1 saturated carbocycles. The van der Waals surface area contributed by atoms with E-state index in [0.29, 0.717) is 5.92 Å². The van der Waals surface area contributed by atoms with Crippen LogP contribution in [0.15, 0.2) is 11.6 Å². The fraction of sp³-hybridized carbons (Fsp3) is 0.769. The molecule has 95 valence electrons. The largest absolute Gasteiger partial charge is 0.404 e. The van der Waals surface area contributed by atoms with Crippen LogP contribution in [0.2, 0.25) is 13.1 Å². The van der Waals surface area contributed by atoms with Crippen molar-refractivity contribution in [1.29, 1.82) is 0 Å². The van der Waals surface area contributed by atoms with Gasteiger partial charge in [0.2, 0.25) is 9.04 Å². The molecule has 1 atom stereocenters. The normalized spacial score (nSPS) is 20.6. The molecule has 0 N–H and O–H groups in total. The Morgan fingerprint density at radius 1 is 1.35 bits per heavy atom. The van der Waals surface area contributed by atoms with Gasteiger partial charge in [-0.05, 0) is 37.3 Å². The fourth-order valence-electron chi connectivity index (χ4n) is 2.61. The third kappa shape index (κ3) is 2.35. The number of nitrogens with zero attached hydrogens (tertiary/aromatic N) is 1. The van der Waals surface area contributed by atoms with Crippen molar-refractivity contribution in [3.8, 4) is 0 Å². The van der Waals surface area contributed by atoms with Crippen LogP contribution in [-0.4, -0.2) is 14.0 Å². The van der Waals surface area contributed by atoms with Gasteiger partial charge in [0.05, 0.1) is 0 Å². The molecule has 0 aliphatic heterocycles. The SMILES string of the molecule is C[Si](C)OC(c1nccs1)(C1CC1)C(C)(C)C. The van der Waals surface area contributed by atoms with Crippen LogP contribution in [0.1, 0.15) is 38.6 Å². The first-order chi connectivity index (χ1) is 7.88. The molecule has 1 aliphatic carbocycles. The first kappa shape index (κ1) is 13.2. The molecule has 1 fully saturated rings. The summed E-state index contributed by atoms with van der Waals surface area (Å²) in [5.41, 5.74) is -0.0487. The molecular formula is C13H22NOSSi. The quantitative estimate of drug-likeness (QED) is 0.768. The molecule has 1 aromatic heterocycles. The maximum Gasteiger partial charge on any atom is 0.206 e. The summed E-state index contributed by atoms with van der Waals surface area (Å²) < 4.78 is 6.52. The minimum Gasteiger partial charge on any atom is -0.404 e. The second-order valence-corrected chi connectivity index (χ2v) is 9.02. The van der Waals surface area contributed by atoms with Crippen LogP contribution in [0, 0.1) is 11.3 Å². The standard InChI is InChI=1S/C13H22NOSSi/c1-12(2,3)13(10-6-7-10,15-17(4)5)11-14-8-9-16-11/h8-10H,6-7H2,1-5H3. The predicted molar refractivity (Wildman–Crippen MR) is 74.5 cm³/mol. The summed E-state index contributed by atoms with van der Waals surface area (Å²) >= 11 is 1.75.